The number of aliphatic hydroxyl groups excluding tert-OH is 2. The van der Waals surface area contributed by atoms with E-state index in [1.54, 1.807) is 24.3 Å². The molecule has 1 atom stereocenters. The standard InChI is InChI=1S/C21H21NO5/c1-27-16-10-8-15(9-11-16)19(24)17-18(14-6-3-2-4-7-14)22(12-5-13-23)21(26)20(17)25/h2-4,6-11,18,23-24H,5,12-13H2,1H3/t18-/m0/s1. The molecule has 140 valence electrons. The predicted molar refractivity (Wildman–Crippen MR) is 100 cm³/mol. The van der Waals surface area contributed by atoms with Crippen LogP contribution in [0.4, 0.5) is 0 Å². The number of ketones is 1. The highest BCUT2D eigenvalue weighted by Gasteiger charge is 2.45. The van der Waals surface area contributed by atoms with Gasteiger partial charge in [0.15, 0.2) is 0 Å². The van der Waals surface area contributed by atoms with Gasteiger partial charge < -0.3 is 19.8 Å². The summed E-state index contributed by atoms with van der Waals surface area (Å²) in [5, 5.41) is 20.0. The van der Waals surface area contributed by atoms with Gasteiger partial charge in [-0.15, -0.1) is 0 Å². The molecule has 0 unspecified atom stereocenters. The summed E-state index contributed by atoms with van der Waals surface area (Å²) in [4.78, 5) is 26.7. The lowest BCUT2D eigenvalue weighted by Crippen LogP contribution is -2.31. The number of amides is 1. The molecule has 6 nitrogen and oxygen atoms in total. The van der Waals surface area contributed by atoms with Crippen molar-refractivity contribution in [3.8, 4) is 5.75 Å². The fourth-order valence-corrected chi connectivity index (χ4v) is 3.24. The molecule has 2 aromatic carbocycles. The van der Waals surface area contributed by atoms with Gasteiger partial charge >= 0.3 is 0 Å². The molecule has 1 amide bonds. The molecule has 1 fully saturated rings. The van der Waals surface area contributed by atoms with Crippen LogP contribution in [0.1, 0.15) is 23.6 Å². The molecule has 2 aromatic rings. The smallest absolute Gasteiger partial charge is 0.295 e. The summed E-state index contributed by atoms with van der Waals surface area (Å²) in [6.45, 7) is 0.128. The van der Waals surface area contributed by atoms with Gasteiger partial charge in [0.25, 0.3) is 11.7 Å². The maximum Gasteiger partial charge on any atom is 0.295 e. The van der Waals surface area contributed by atoms with Gasteiger partial charge in [-0.2, -0.15) is 0 Å². The third kappa shape index (κ3) is 3.57. The number of hydrogen-bond donors (Lipinski definition) is 2. The minimum absolute atomic E-state index is 0.0503. The normalized spacial score (nSPS) is 18.7. The Morgan fingerprint density at radius 3 is 2.33 bits per heavy atom. The van der Waals surface area contributed by atoms with Gasteiger partial charge in [0, 0.05) is 18.7 Å². The fraction of sp³-hybridized carbons (Fsp3) is 0.238. The molecule has 3 rings (SSSR count). The van der Waals surface area contributed by atoms with Gasteiger partial charge in [0.1, 0.15) is 11.5 Å². The molecule has 1 aliphatic rings. The van der Waals surface area contributed by atoms with Crippen molar-refractivity contribution in [3.63, 3.8) is 0 Å². The molecular weight excluding hydrogens is 346 g/mol. The van der Waals surface area contributed by atoms with Gasteiger partial charge in [-0.1, -0.05) is 30.3 Å². The van der Waals surface area contributed by atoms with Gasteiger partial charge in [-0.25, -0.2) is 0 Å². The van der Waals surface area contributed by atoms with Gasteiger partial charge in [0.05, 0.1) is 18.7 Å². The Morgan fingerprint density at radius 1 is 1.07 bits per heavy atom. The SMILES string of the molecule is COc1ccc(C(O)=C2C(=O)C(=O)N(CCCO)[C@H]2c2ccccc2)cc1. The second kappa shape index (κ2) is 8.05. The highest BCUT2D eigenvalue weighted by atomic mass is 16.5. The van der Waals surface area contributed by atoms with Gasteiger partial charge in [0.2, 0.25) is 0 Å². The minimum Gasteiger partial charge on any atom is -0.507 e. The number of aliphatic hydroxyl groups is 2. The number of Topliss-reactive ketones (excluding diaryl/α,β-unsaturated/α-hetero) is 1. The number of benzene rings is 2. The van der Waals surface area contributed by atoms with E-state index in [9.17, 15) is 14.7 Å². The van der Waals surface area contributed by atoms with Crippen molar-refractivity contribution in [1.29, 1.82) is 0 Å². The first-order valence-corrected chi connectivity index (χ1v) is 8.67. The van der Waals surface area contributed by atoms with Crippen molar-refractivity contribution in [2.45, 2.75) is 12.5 Å². The zero-order valence-corrected chi connectivity index (χ0v) is 15.0. The molecule has 27 heavy (non-hydrogen) atoms. The number of likely N-dealkylation sites (tertiary alicyclic amines) is 1. The van der Waals surface area contributed by atoms with Crippen molar-refractivity contribution in [2.75, 3.05) is 20.3 Å². The zero-order valence-electron chi connectivity index (χ0n) is 15.0. The molecule has 0 bridgehead atoms. The number of nitrogens with zero attached hydrogens (tertiary/aromatic N) is 1. The first kappa shape index (κ1) is 18.7. The molecule has 0 spiro atoms. The Kier molecular flexibility index (Phi) is 5.57. The van der Waals surface area contributed by atoms with Crippen LogP contribution >= 0.6 is 0 Å². The maximum absolute atomic E-state index is 12.7. The predicted octanol–water partition coefficient (Wildman–Crippen LogP) is 2.50. The van der Waals surface area contributed by atoms with E-state index in [0.717, 1.165) is 5.56 Å². The van der Waals surface area contributed by atoms with Gasteiger partial charge in [-0.3, -0.25) is 9.59 Å². The summed E-state index contributed by atoms with van der Waals surface area (Å²) >= 11 is 0. The van der Waals surface area contributed by atoms with Crippen LogP contribution in [0.5, 0.6) is 5.75 Å². The number of rotatable bonds is 6. The van der Waals surface area contributed by atoms with E-state index in [2.05, 4.69) is 0 Å². The number of hydrogen-bond acceptors (Lipinski definition) is 5. The lowest BCUT2D eigenvalue weighted by molar-refractivity contribution is -0.140. The second-order valence-electron chi connectivity index (χ2n) is 6.21. The summed E-state index contributed by atoms with van der Waals surface area (Å²) in [7, 11) is 1.54. The quantitative estimate of drug-likeness (QED) is 0.465. The first-order chi connectivity index (χ1) is 13.1. The van der Waals surface area contributed by atoms with E-state index in [1.165, 1.54) is 12.0 Å². The van der Waals surface area contributed by atoms with Crippen molar-refractivity contribution in [3.05, 3.63) is 71.3 Å². The van der Waals surface area contributed by atoms with Crippen LogP contribution in [0.25, 0.3) is 5.76 Å². The Bertz CT molecular complexity index is 858. The van der Waals surface area contributed by atoms with Crippen molar-refractivity contribution in [2.24, 2.45) is 0 Å². The van der Waals surface area contributed by atoms with Crippen LogP contribution in [0, 0.1) is 0 Å². The van der Waals surface area contributed by atoms with Crippen LogP contribution in [0.3, 0.4) is 0 Å². The molecule has 2 N–H and O–H groups in total. The molecule has 1 heterocycles. The van der Waals surface area contributed by atoms with E-state index >= 15 is 0 Å². The summed E-state index contributed by atoms with van der Waals surface area (Å²) in [5.74, 6) is -1.01. The van der Waals surface area contributed by atoms with E-state index in [4.69, 9.17) is 9.84 Å². The first-order valence-electron chi connectivity index (χ1n) is 8.67. The van der Waals surface area contributed by atoms with Crippen molar-refractivity contribution < 1.29 is 24.5 Å². The second-order valence-corrected chi connectivity index (χ2v) is 6.21. The monoisotopic (exact) mass is 367 g/mol. The number of carbonyl (C=O) groups is 2. The third-order valence-electron chi connectivity index (χ3n) is 4.58. The average Bonchev–Trinajstić information content (AvgIpc) is 2.97. The minimum atomic E-state index is -0.727. The van der Waals surface area contributed by atoms with Crippen molar-refractivity contribution in [1.82, 2.24) is 4.90 Å². The fourth-order valence-electron chi connectivity index (χ4n) is 3.24. The Hall–Kier alpha value is -3.12. The number of carbonyl (C=O) groups excluding carboxylic acids is 2. The highest BCUT2D eigenvalue weighted by molar-refractivity contribution is 6.46. The molecule has 0 radical (unpaired) electrons. The van der Waals surface area contributed by atoms with Crippen LogP contribution < -0.4 is 4.74 Å². The van der Waals surface area contributed by atoms with Crippen LogP contribution in [-0.4, -0.2) is 47.1 Å². The average molecular weight is 367 g/mol. The molecular formula is C21H21NO5. The van der Waals surface area contributed by atoms with Crippen molar-refractivity contribution >= 4 is 17.4 Å². The summed E-state index contributed by atoms with van der Waals surface area (Å²) < 4.78 is 5.11. The zero-order chi connectivity index (χ0) is 19.4. The lowest BCUT2D eigenvalue weighted by atomic mass is 9.95. The largest absolute Gasteiger partial charge is 0.507 e. The van der Waals surface area contributed by atoms with Crippen LogP contribution in [-0.2, 0) is 9.59 Å². The Labute approximate surface area is 157 Å². The Morgan fingerprint density at radius 2 is 1.74 bits per heavy atom. The lowest BCUT2D eigenvalue weighted by Gasteiger charge is -2.25. The van der Waals surface area contributed by atoms with Crippen LogP contribution in [0.2, 0.25) is 0 Å². The van der Waals surface area contributed by atoms with Gasteiger partial charge in [-0.05, 0) is 36.2 Å². The molecule has 0 aromatic heterocycles. The maximum atomic E-state index is 12.7. The topological polar surface area (TPSA) is 87.1 Å². The summed E-state index contributed by atoms with van der Waals surface area (Å²) in [6, 6.07) is 15.0. The molecule has 1 saturated heterocycles. The molecule has 1 aliphatic heterocycles. The molecule has 6 heteroatoms. The Balaban J connectivity index is 2.11. The van der Waals surface area contributed by atoms with E-state index in [1.807, 2.05) is 30.3 Å². The molecule has 0 aliphatic carbocycles. The highest BCUT2D eigenvalue weighted by Crippen LogP contribution is 2.39. The van der Waals surface area contributed by atoms with E-state index < -0.39 is 17.7 Å². The van der Waals surface area contributed by atoms with E-state index in [-0.39, 0.29) is 24.5 Å². The summed E-state index contributed by atoms with van der Waals surface area (Å²) in [6.07, 6.45) is 0.346. The van der Waals surface area contributed by atoms with Crippen LogP contribution in [0.15, 0.2) is 60.2 Å². The van der Waals surface area contributed by atoms with E-state index in [0.29, 0.717) is 17.7 Å². The molecule has 0 saturated carbocycles. The third-order valence-corrected chi connectivity index (χ3v) is 4.58. The number of ether oxygens (including phenoxy) is 1. The summed E-state index contributed by atoms with van der Waals surface area (Å²) in [5.41, 5.74) is 1.20. The number of methoxy groups -OCH3 is 1.